The molecule has 0 bridgehead atoms. The molecule has 3 aromatic rings. The first-order valence-corrected chi connectivity index (χ1v) is 7.97. The molecule has 0 aliphatic carbocycles. The van der Waals surface area contributed by atoms with Crippen LogP contribution < -0.4 is 10.6 Å². The number of halogens is 1. The van der Waals surface area contributed by atoms with E-state index in [1.165, 1.54) is 12.1 Å². The van der Waals surface area contributed by atoms with Crippen LogP contribution >= 0.6 is 0 Å². The molecule has 0 aliphatic heterocycles. The van der Waals surface area contributed by atoms with E-state index in [1.54, 1.807) is 30.3 Å². The van der Waals surface area contributed by atoms with Crippen LogP contribution in [0.2, 0.25) is 0 Å². The van der Waals surface area contributed by atoms with E-state index in [0.29, 0.717) is 28.1 Å². The van der Waals surface area contributed by atoms with E-state index < -0.39 is 5.91 Å². The van der Waals surface area contributed by atoms with Crippen LogP contribution in [0.25, 0.3) is 22.3 Å². The standard InChI is InChI=1S/C19H19FN4O/c1-11(2)24(3)19-17(12-4-7-14(20)8-5-12)22-15-9-6-13(18(21)25)10-16(15)23-19/h4-11H,1-3H3,(H2,21,25). The van der Waals surface area contributed by atoms with Crippen LogP contribution in [0.5, 0.6) is 0 Å². The minimum absolute atomic E-state index is 0.185. The lowest BCUT2D eigenvalue weighted by Gasteiger charge is -2.25. The van der Waals surface area contributed by atoms with Crippen molar-refractivity contribution in [3.05, 3.63) is 53.8 Å². The summed E-state index contributed by atoms with van der Waals surface area (Å²) in [4.78, 5) is 22.8. The third-order valence-corrected chi connectivity index (χ3v) is 4.16. The molecule has 0 spiro atoms. The number of hydrogen-bond acceptors (Lipinski definition) is 4. The number of benzene rings is 2. The molecule has 1 heterocycles. The average Bonchev–Trinajstić information content (AvgIpc) is 2.60. The zero-order valence-electron chi connectivity index (χ0n) is 14.3. The van der Waals surface area contributed by atoms with E-state index in [2.05, 4.69) is 0 Å². The quantitative estimate of drug-likeness (QED) is 0.791. The van der Waals surface area contributed by atoms with Crippen LogP contribution in [-0.4, -0.2) is 29.0 Å². The van der Waals surface area contributed by atoms with Crippen molar-refractivity contribution in [2.45, 2.75) is 19.9 Å². The summed E-state index contributed by atoms with van der Waals surface area (Å²) in [7, 11) is 1.92. The summed E-state index contributed by atoms with van der Waals surface area (Å²) in [6, 6.07) is 11.3. The van der Waals surface area contributed by atoms with Crippen molar-refractivity contribution < 1.29 is 9.18 Å². The van der Waals surface area contributed by atoms with Crippen LogP contribution in [-0.2, 0) is 0 Å². The van der Waals surface area contributed by atoms with Crippen molar-refractivity contribution in [2.24, 2.45) is 5.73 Å². The summed E-state index contributed by atoms with van der Waals surface area (Å²) in [5.41, 5.74) is 8.41. The fourth-order valence-electron chi connectivity index (χ4n) is 2.49. The SMILES string of the molecule is CC(C)N(C)c1nc2cc(C(N)=O)ccc2nc1-c1ccc(F)cc1. The van der Waals surface area contributed by atoms with Gasteiger partial charge in [0.15, 0.2) is 5.82 Å². The molecule has 2 N–H and O–H groups in total. The van der Waals surface area contributed by atoms with Crippen molar-refractivity contribution in [2.75, 3.05) is 11.9 Å². The van der Waals surface area contributed by atoms with Crippen molar-refractivity contribution >= 4 is 22.8 Å². The largest absolute Gasteiger partial charge is 0.366 e. The first-order valence-electron chi connectivity index (χ1n) is 7.97. The van der Waals surface area contributed by atoms with E-state index in [9.17, 15) is 9.18 Å². The van der Waals surface area contributed by atoms with E-state index in [1.807, 2.05) is 25.8 Å². The minimum Gasteiger partial charge on any atom is -0.366 e. The lowest BCUT2D eigenvalue weighted by molar-refractivity contribution is 0.100. The van der Waals surface area contributed by atoms with Crippen molar-refractivity contribution in [3.8, 4) is 11.3 Å². The monoisotopic (exact) mass is 338 g/mol. The molecule has 1 aromatic heterocycles. The van der Waals surface area contributed by atoms with E-state index >= 15 is 0 Å². The number of hydrogen-bond donors (Lipinski definition) is 1. The highest BCUT2D eigenvalue weighted by Gasteiger charge is 2.17. The molecule has 0 aliphatic rings. The highest BCUT2D eigenvalue weighted by Crippen LogP contribution is 2.30. The molecule has 25 heavy (non-hydrogen) atoms. The summed E-state index contributed by atoms with van der Waals surface area (Å²) in [5.74, 6) is -0.150. The van der Waals surface area contributed by atoms with Gasteiger partial charge in [-0.05, 0) is 56.3 Å². The Morgan fingerprint density at radius 1 is 1.08 bits per heavy atom. The van der Waals surface area contributed by atoms with Crippen molar-refractivity contribution in [1.29, 1.82) is 0 Å². The molecule has 5 nitrogen and oxygen atoms in total. The Balaban J connectivity index is 2.26. The maximum Gasteiger partial charge on any atom is 0.248 e. The Kier molecular flexibility index (Phi) is 4.35. The van der Waals surface area contributed by atoms with E-state index in [4.69, 9.17) is 15.7 Å². The van der Waals surface area contributed by atoms with Gasteiger partial charge in [0, 0.05) is 24.2 Å². The molecule has 2 aromatic carbocycles. The fourth-order valence-corrected chi connectivity index (χ4v) is 2.49. The third kappa shape index (κ3) is 3.28. The van der Waals surface area contributed by atoms with Crippen LogP contribution in [0, 0.1) is 5.82 Å². The highest BCUT2D eigenvalue weighted by molar-refractivity contribution is 5.96. The zero-order valence-corrected chi connectivity index (χ0v) is 14.3. The Morgan fingerprint density at radius 3 is 2.36 bits per heavy atom. The Labute approximate surface area is 145 Å². The van der Waals surface area contributed by atoms with Crippen molar-refractivity contribution in [1.82, 2.24) is 9.97 Å². The van der Waals surface area contributed by atoms with Gasteiger partial charge in [0.1, 0.15) is 11.5 Å². The van der Waals surface area contributed by atoms with Gasteiger partial charge in [0.2, 0.25) is 5.91 Å². The second-order valence-electron chi connectivity index (χ2n) is 6.18. The van der Waals surface area contributed by atoms with Gasteiger partial charge < -0.3 is 10.6 Å². The molecule has 0 fully saturated rings. The smallest absolute Gasteiger partial charge is 0.248 e. The number of nitrogens with zero attached hydrogens (tertiary/aromatic N) is 3. The summed E-state index contributed by atoms with van der Waals surface area (Å²) in [5, 5.41) is 0. The normalized spacial score (nSPS) is 11.1. The average molecular weight is 338 g/mol. The molecular weight excluding hydrogens is 319 g/mol. The molecule has 0 saturated carbocycles. The number of fused-ring (bicyclic) bond motifs is 1. The van der Waals surface area contributed by atoms with Gasteiger partial charge in [-0.2, -0.15) is 0 Å². The summed E-state index contributed by atoms with van der Waals surface area (Å²) < 4.78 is 13.3. The molecule has 0 radical (unpaired) electrons. The second-order valence-corrected chi connectivity index (χ2v) is 6.18. The lowest BCUT2D eigenvalue weighted by atomic mass is 10.1. The predicted octanol–water partition coefficient (Wildman–Crippen LogP) is 3.38. The summed E-state index contributed by atoms with van der Waals surface area (Å²) in [6.45, 7) is 4.08. The summed E-state index contributed by atoms with van der Waals surface area (Å²) >= 11 is 0. The third-order valence-electron chi connectivity index (χ3n) is 4.16. The van der Waals surface area contributed by atoms with Crippen molar-refractivity contribution in [3.63, 3.8) is 0 Å². The number of rotatable bonds is 4. The summed E-state index contributed by atoms with van der Waals surface area (Å²) in [6.07, 6.45) is 0. The topological polar surface area (TPSA) is 72.1 Å². The fraction of sp³-hybridized carbons (Fsp3) is 0.211. The Morgan fingerprint density at radius 2 is 1.76 bits per heavy atom. The van der Waals surface area contributed by atoms with Crippen LogP contribution in [0.4, 0.5) is 10.2 Å². The molecule has 0 unspecified atom stereocenters. The number of carbonyl (C=O) groups excluding carboxylic acids is 1. The van der Waals surface area contributed by atoms with E-state index in [-0.39, 0.29) is 11.9 Å². The maximum absolute atomic E-state index is 13.3. The molecule has 6 heteroatoms. The minimum atomic E-state index is -0.509. The zero-order chi connectivity index (χ0) is 18.1. The molecule has 0 atom stereocenters. The van der Waals surface area contributed by atoms with Crippen LogP contribution in [0.3, 0.4) is 0 Å². The first-order chi connectivity index (χ1) is 11.9. The Bertz CT molecular complexity index is 938. The highest BCUT2D eigenvalue weighted by atomic mass is 19.1. The Hall–Kier alpha value is -3.02. The number of anilines is 1. The van der Waals surface area contributed by atoms with Gasteiger partial charge in [-0.3, -0.25) is 4.79 Å². The van der Waals surface area contributed by atoms with Gasteiger partial charge in [0.05, 0.1) is 11.0 Å². The van der Waals surface area contributed by atoms with Gasteiger partial charge in [-0.15, -0.1) is 0 Å². The number of aromatic nitrogens is 2. The van der Waals surface area contributed by atoms with Gasteiger partial charge in [-0.1, -0.05) is 0 Å². The predicted molar refractivity (Wildman–Crippen MR) is 97.0 cm³/mol. The second kappa shape index (κ2) is 6.47. The molecule has 0 saturated heterocycles. The first kappa shape index (κ1) is 16.8. The van der Waals surface area contributed by atoms with Gasteiger partial charge in [0.25, 0.3) is 0 Å². The number of amides is 1. The van der Waals surface area contributed by atoms with Crippen LogP contribution in [0.15, 0.2) is 42.5 Å². The van der Waals surface area contributed by atoms with Gasteiger partial charge in [-0.25, -0.2) is 14.4 Å². The number of nitrogens with two attached hydrogens (primary N) is 1. The molecular formula is C19H19FN4O. The number of carbonyl (C=O) groups is 1. The molecule has 1 amide bonds. The van der Waals surface area contributed by atoms with Gasteiger partial charge >= 0.3 is 0 Å². The van der Waals surface area contributed by atoms with Crippen LogP contribution in [0.1, 0.15) is 24.2 Å². The number of primary amides is 1. The molecule has 3 rings (SSSR count). The molecule has 128 valence electrons. The lowest BCUT2D eigenvalue weighted by Crippen LogP contribution is -2.27. The van der Waals surface area contributed by atoms with E-state index in [0.717, 1.165) is 5.56 Å². The maximum atomic E-state index is 13.3.